The summed E-state index contributed by atoms with van der Waals surface area (Å²) in [5.41, 5.74) is 10.3. The Labute approximate surface area is 134 Å². The summed E-state index contributed by atoms with van der Waals surface area (Å²) in [7, 11) is 0. The third-order valence-electron chi connectivity index (χ3n) is 4.42. The number of carbonyl (C=O) groups is 2. The Morgan fingerprint density at radius 3 is 2.68 bits per heavy atom. The van der Waals surface area contributed by atoms with Crippen LogP contribution in [0.25, 0.3) is 0 Å². The zero-order valence-corrected chi connectivity index (χ0v) is 13.6. The molecule has 2 aliphatic rings. The lowest BCUT2D eigenvalue weighted by Gasteiger charge is -2.39. The number of nitrogens with one attached hydrogen (secondary N) is 1. The standard InChI is InChI=1S/C12H25N7O2S/c1-2-17-9(20)6-4-3-5-8-12(14)11(13,7-22-8)18(15)10(21)19(12)16/h8H,2-7,13-16H2,1H3,(H,17,20)/t8-,11-,12+/m0/s1. The number of fused-ring (bicyclic) bond motifs is 1. The predicted octanol–water partition coefficient (Wildman–Crippen LogP) is -1.41. The maximum Gasteiger partial charge on any atom is 0.352 e. The van der Waals surface area contributed by atoms with Gasteiger partial charge in [0.2, 0.25) is 5.91 Å². The van der Waals surface area contributed by atoms with Gasteiger partial charge in [0, 0.05) is 24.0 Å². The van der Waals surface area contributed by atoms with Crippen LogP contribution < -0.4 is 28.5 Å². The van der Waals surface area contributed by atoms with E-state index in [9.17, 15) is 9.59 Å². The van der Waals surface area contributed by atoms with Gasteiger partial charge >= 0.3 is 6.03 Å². The topological polar surface area (TPSA) is 157 Å². The van der Waals surface area contributed by atoms with Gasteiger partial charge in [-0.2, -0.15) is 11.8 Å². The summed E-state index contributed by atoms with van der Waals surface area (Å²) < 4.78 is 0. The third kappa shape index (κ3) is 2.44. The van der Waals surface area contributed by atoms with E-state index in [-0.39, 0.29) is 11.2 Å². The van der Waals surface area contributed by atoms with Crippen molar-refractivity contribution in [3.63, 3.8) is 0 Å². The number of hydrazine groups is 2. The summed E-state index contributed by atoms with van der Waals surface area (Å²) >= 11 is 1.56. The molecule has 22 heavy (non-hydrogen) atoms. The first-order chi connectivity index (χ1) is 10.3. The number of nitrogens with two attached hydrogens (primary N) is 4. The summed E-state index contributed by atoms with van der Waals surface area (Å²) in [5, 5.41) is 4.54. The van der Waals surface area contributed by atoms with E-state index in [2.05, 4.69) is 5.32 Å². The molecule has 0 radical (unpaired) electrons. The molecule has 9 N–H and O–H groups in total. The number of hydrogen-bond donors (Lipinski definition) is 5. The van der Waals surface area contributed by atoms with Gasteiger partial charge in [-0.05, 0) is 19.8 Å². The first-order valence-corrected chi connectivity index (χ1v) is 8.43. The molecule has 3 amide bonds. The predicted molar refractivity (Wildman–Crippen MR) is 84.7 cm³/mol. The van der Waals surface area contributed by atoms with E-state index in [4.69, 9.17) is 23.2 Å². The number of nitrogens with zero attached hydrogens (tertiary/aromatic N) is 2. The van der Waals surface area contributed by atoms with E-state index in [1.807, 2.05) is 6.92 Å². The lowest BCUT2D eigenvalue weighted by atomic mass is 9.90. The normalized spacial score (nSPS) is 34.2. The number of urea groups is 1. The second-order valence-corrected chi connectivity index (χ2v) is 6.96. The minimum atomic E-state index is -1.20. The van der Waals surface area contributed by atoms with Crippen molar-refractivity contribution >= 4 is 23.7 Å². The van der Waals surface area contributed by atoms with Crippen LogP contribution in [-0.2, 0) is 4.79 Å². The lowest BCUT2D eigenvalue weighted by molar-refractivity contribution is -0.121. The number of amides is 3. The van der Waals surface area contributed by atoms with E-state index in [1.165, 1.54) is 0 Å². The van der Waals surface area contributed by atoms with Gasteiger partial charge in [-0.25, -0.2) is 26.5 Å². The highest BCUT2D eigenvalue weighted by Crippen LogP contribution is 2.48. The van der Waals surface area contributed by atoms with Crippen LogP contribution in [-0.4, -0.2) is 50.8 Å². The van der Waals surface area contributed by atoms with Gasteiger partial charge < -0.3 is 16.8 Å². The molecule has 3 atom stereocenters. The Morgan fingerprint density at radius 2 is 2.05 bits per heavy atom. The number of rotatable bonds is 6. The largest absolute Gasteiger partial charge is 0.356 e. The first kappa shape index (κ1) is 17.3. The Balaban J connectivity index is 1.94. The summed E-state index contributed by atoms with van der Waals surface area (Å²) in [5.74, 6) is 12.1. The maximum absolute atomic E-state index is 11.9. The molecule has 126 valence electrons. The maximum atomic E-state index is 11.9. The van der Waals surface area contributed by atoms with Crippen molar-refractivity contribution in [1.82, 2.24) is 15.3 Å². The van der Waals surface area contributed by atoms with E-state index < -0.39 is 17.4 Å². The second kappa shape index (κ2) is 6.20. The Bertz CT molecular complexity index is 465. The van der Waals surface area contributed by atoms with Gasteiger partial charge in [0.25, 0.3) is 0 Å². The summed E-state index contributed by atoms with van der Waals surface area (Å²) in [6.07, 6.45) is 2.75. The Kier molecular flexibility index (Phi) is 4.87. The van der Waals surface area contributed by atoms with Crippen LogP contribution in [0, 0.1) is 0 Å². The molecule has 0 aromatic heterocycles. The van der Waals surface area contributed by atoms with Crippen molar-refractivity contribution in [2.75, 3.05) is 12.3 Å². The van der Waals surface area contributed by atoms with E-state index in [0.29, 0.717) is 25.1 Å². The summed E-state index contributed by atoms with van der Waals surface area (Å²) in [6.45, 7) is 2.52. The van der Waals surface area contributed by atoms with Crippen LogP contribution >= 0.6 is 11.8 Å². The average molecular weight is 331 g/mol. The fraction of sp³-hybridized carbons (Fsp3) is 0.833. The molecular weight excluding hydrogens is 306 g/mol. The minimum absolute atomic E-state index is 0.0434. The molecule has 0 aromatic carbocycles. The van der Waals surface area contributed by atoms with Crippen LogP contribution in [0.4, 0.5) is 4.79 Å². The molecule has 0 aromatic rings. The van der Waals surface area contributed by atoms with Crippen LogP contribution in [0.1, 0.15) is 32.6 Å². The Morgan fingerprint density at radius 1 is 1.36 bits per heavy atom. The monoisotopic (exact) mass is 331 g/mol. The number of hydrogen-bond acceptors (Lipinski definition) is 7. The number of carbonyl (C=O) groups excluding carboxylic acids is 2. The molecule has 2 heterocycles. The van der Waals surface area contributed by atoms with Crippen molar-refractivity contribution in [1.29, 1.82) is 0 Å². The van der Waals surface area contributed by atoms with Crippen LogP contribution in [0.3, 0.4) is 0 Å². The van der Waals surface area contributed by atoms with E-state index in [1.54, 1.807) is 11.8 Å². The molecule has 9 nitrogen and oxygen atoms in total. The minimum Gasteiger partial charge on any atom is -0.356 e. The number of unbranched alkanes of at least 4 members (excludes halogenated alkanes) is 1. The zero-order valence-electron chi connectivity index (χ0n) is 12.7. The van der Waals surface area contributed by atoms with E-state index in [0.717, 1.165) is 22.9 Å². The van der Waals surface area contributed by atoms with Crippen molar-refractivity contribution in [2.45, 2.75) is 49.2 Å². The van der Waals surface area contributed by atoms with Gasteiger partial charge in [0.1, 0.15) is 0 Å². The van der Waals surface area contributed by atoms with Gasteiger partial charge in [-0.3, -0.25) is 4.79 Å². The highest BCUT2D eigenvalue weighted by Gasteiger charge is 2.69. The lowest BCUT2D eigenvalue weighted by Crippen LogP contribution is -2.75. The third-order valence-corrected chi connectivity index (χ3v) is 6.03. The average Bonchev–Trinajstić information content (AvgIpc) is 2.81. The van der Waals surface area contributed by atoms with Crippen molar-refractivity contribution < 1.29 is 9.59 Å². The molecule has 0 bridgehead atoms. The smallest absolute Gasteiger partial charge is 0.352 e. The SMILES string of the molecule is CCNC(=O)CCCC[C@@H]1SC[C@]2(N)N(N)C(=O)N(N)[C@]12N. The van der Waals surface area contributed by atoms with Crippen LogP contribution in [0.5, 0.6) is 0 Å². The van der Waals surface area contributed by atoms with Crippen LogP contribution in [0.15, 0.2) is 0 Å². The molecule has 2 aliphatic heterocycles. The molecule has 2 fully saturated rings. The molecule has 0 unspecified atom stereocenters. The highest BCUT2D eigenvalue weighted by molar-refractivity contribution is 8.00. The fourth-order valence-corrected chi connectivity index (χ4v) is 4.76. The Hall–Kier alpha value is -1.07. The van der Waals surface area contributed by atoms with Crippen molar-refractivity contribution in [3.05, 3.63) is 0 Å². The van der Waals surface area contributed by atoms with Gasteiger partial charge in [-0.15, -0.1) is 0 Å². The summed E-state index contributed by atoms with van der Waals surface area (Å²) in [6, 6.07) is -0.572. The fourth-order valence-electron chi connectivity index (χ4n) is 3.02. The van der Waals surface area contributed by atoms with Crippen molar-refractivity contribution in [2.24, 2.45) is 23.2 Å². The number of thioether (sulfide) groups is 1. The quantitative estimate of drug-likeness (QED) is 0.173. The molecule has 0 spiro atoms. The zero-order chi connectivity index (χ0) is 16.5. The van der Waals surface area contributed by atoms with Gasteiger partial charge in [-0.1, -0.05) is 6.42 Å². The second-order valence-electron chi connectivity index (χ2n) is 5.77. The summed E-state index contributed by atoms with van der Waals surface area (Å²) in [4.78, 5) is 23.4. The first-order valence-electron chi connectivity index (χ1n) is 7.39. The molecule has 2 rings (SSSR count). The highest BCUT2D eigenvalue weighted by atomic mass is 32.2. The van der Waals surface area contributed by atoms with Gasteiger partial charge in [0.05, 0.1) is 0 Å². The molecular formula is C12H25N7O2S. The van der Waals surface area contributed by atoms with Gasteiger partial charge in [0.15, 0.2) is 11.3 Å². The van der Waals surface area contributed by atoms with E-state index >= 15 is 0 Å². The molecule has 10 heteroatoms. The van der Waals surface area contributed by atoms with Crippen LogP contribution in [0.2, 0.25) is 0 Å². The molecule has 0 saturated carbocycles. The van der Waals surface area contributed by atoms with Crippen molar-refractivity contribution in [3.8, 4) is 0 Å². The molecule has 0 aliphatic carbocycles. The molecule has 2 saturated heterocycles.